The van der Waals surface area contributed by atoms with E-state index in [0.717, 1.165) is 12.1 Å². The fourth-order valence-corrected chi connectivity index (χ4v) is 4.37. The van der Waals surface area contributed by atoms with Crippen molar-refractivity contribution in [3.63, 3.8) is 0 Å². The van der Waals surface area contributed by atoms with E-state index in [4.69, 9.17) is 10.00 Å². The molecule has 2 aromatic carbocycles. The number of carbonyl (C=O) groups excluding carboxylic acids is 1. The van der Waals surface area contributed by atoms with E-state index in [0.29, 0.717) is 30.1 Å². The largest absolute Gasteiger partial charge is 0.496 e. The lowest BCUT2D eigenvalue weighted by Gasteiger charge is -2.36. The van der Waals surface area contributed by atoms with Gasteiger partial charge in [0.15, 0.2) is 0 Å². The third-order valence-electron chi connectivity index (χ3n) is 5.94. The molecule has 0 bridgehead atoms. The monoisotopic (exact) mass is 468 g/mol. The molecule has 0 saturated carbocycles. The number of hydrogen-bond acceptors (Lipinski definition) is 7. The molecule has 2 unspecified atom stereocenters. The Morgan fingerprint density at radius 3 is 2.65 bits per heavy atom. The van der Waals surface area contributed by atoms with Crippen molar-refractivity contribution >= 4 is 17.3 Å². The highest BCUT2D eigenvalue weighted by Crippen LogP contribution is 2.36. The van der Waals surface area contributed by atoms with Crippen molar-refractivity contribution in [1.29, 1.82) is 10.5 Å². The van der Waals surface area contributed by atoms with E-state index in [-0.39, 0.29) is 18.3 Å². The van der Waals surface area contributed by atoms with Gasteiger partial charge in [-0.1, -0.05) is 12.1 Å². The van der Waals surface area contributed by atoms with Gasteiger partial charge in [0, 0.05) is 24.3 Å². The number of benzene rings is 2. The van der Waals surface area contributed by atoms with E-state index in [9.17, 15) is 23.2 Å². The zero-order valence-electron chi connectivity index (χ0n) is 18.0. The summed E-state index contributed by atoms with van der Waals surface area (Å²) in [5.41, 5.74) is -0.592. The first-order valence-electron chi connectivity index (χ1n) is 10.3. The SMILES string of the molecule is COc1ccccc1C(=NC#N)C1CNCC2C(=O)N(c3ccc(C#N)c(C(F)(F)F)c3)CN21. The Balaban J connectivity index is 1.72. The van der Waals surface area contributed by atoms with Crippen LogP contribution in [0, 0.1) is 22.8 Å². The number of nitrogens with zero attached hydrogens (tertiary/aromatic N) is 5. The molecule has 174 valence electrons. The minimum Gasteiger partial charge on any atom is -0.496 e. The van der Waals surface area contributed by atoms with Crippen LogP contribution in [-0.4, -0.2) is 55.5 Å². The molecule has 2 aliphatic rings. The third kappa shape index (κ3) is 4.07. The highest BCUT2D eigenvalue weighted by Gasteiger charge is 2.47. The zero-order valence-corrected chi connectivity index (χ0v) is 18.0. The molecule has 0 aliphatic carbocycles. The fraction of sp³-hybridized carbons (Fsp3) is 0.304. The van der Waals surface area contributed by atoms with Crippen molar-refractivity contribution in [2.75, 3.05) is 31.8 Å². The van der Waals surface area contributed by atoms with Crippen molar-refractivity contribution in [3.05, 3.63) is 59.2 Å². The van der Waals surface area contributed by atoms with Gasteiger partial charge in [0.1, 0.15) is 11.8 Å². The number of methoxy groups -OCH3 is 1. The number of anilines is 1. The van der Waals surface area contributed by atoms with Crippen LogP contribution in [0.2, 0.25) is 0 Å². The molecule has 2 aliphatic heterocycles. The molecule has 2 heterocycles. The molecule has 1 amide bonds. The molecule has 2 aromatic rings. The Labute approximate surface area is 193 Å². The van der Waals surface area contributed by atoms with E-state index in [1.165, 1.54) is 18.1 Å². The second-order valence-corrected chi connectivity index (χ2v) is 7.75. The average molecular weight is 468 g/mol. The standard InChI is InChI=1S/C23H19F3N6O2/c1-34-20-5-3-2-4-16(20)21(30-12-28)18-10-29-11-19-22(33)31(13-32(18)19)15-7-6-14(9-27)17(8-15)23(24,25)26/h2-8,18-19,29H,10-11,13H2,1H3. The number of alkyl halides is 3. The minimum atomic E-state index is -4.74. The Bertz CT molecular complexity index is 1230. The van der Waals surface area contributed by atoms with E-state index >= 15 is 0 Å². The number of fused-ring (bicyclic) bond motifs is 1. The zero-order chi connectivity index (χ0) is 24.5. The number of nitriles is 2. The molecule has 0 spiro atoms. The number of halogens is 3. The van der Waals surface area contributed by atoms with Crippen LogP contribution in [0.25, 0.3) is 0 Å². The summed E-state index contributed by atoms with van der Waals surface area (Å²) in [5.74, 6) is 0.120. The van der Waals surface area contributed by atoms with E-state index in [2.05, 4.69) is 10.3 Å². The van der Waals surface area contributed by atoms with Gasteiger partial charge in [-0.15, -0.1) is 0 Å². The van der Waals surface area contributed by atoms with Crippen LogP contribution in [0.15, 0.2) is 47.5 Å². The van der Waals surface area contributed by atoms with Gasteiger partial charge in [0.2, 0.25) is 12.1 Å². The van der Waals surface area contributed by atoms with Gasteiger partial charge in [0.05, 0.1) is 42.7 Å². The topological polar surface area (TPSA) is 105 Å². The number of para-hydroxylation sites is 1. The lowest BCUT2D eigenvalue weighted by Crippen LogP contribution is -2.59. The maximum absolute atomic E-state index is 13.5. The predicted molar refractivity (Wildman–Crippen MR) is 116 cm³/mol. The quantitative estimate of drug-likeness (QED) is 0.546. The van der Waals surface area contributed by atoms with Crippen LogP contribution in [0.1, 0.15) is 16.7 Å². The molecule has 2 saturated heterocycles. The minimum absolute atomic E-state index is 0.00135. The maximum Gasteiger partial charge on any atom is 0.417 e. The van der Waals surface area contributed by atoms with Crippen LogP contribution in [0.5, 0.6) is 5.75 Å². The smallest absolute Gasteiger partial charge is 0.417 e. The molecule has 0 aromatic heterocycles. The highest BCUT2D eigenvalue weighted by molar-refractivity contribution is 6.08. The van der Waals surface area contributed by atoms with Crippen LogP contribution < -0.4 is 15.0 Å². The average Bonchev–Trinajstić information content (AvgIpc) is 3.18. The first-order chi connectivity index (χ1) is 16.3. The molecule has 34 heavy (non-hydrogen) atoms. The summed E-state index contributed by atoms with van der Waals surface area (Å²) in [5, 5.41) is 21.6. The van der Waals surface area contributed by atoms with E-state index in [1.807, 2.05) is 11.1 Å². The number of rotatable bonds is 4. The van der Waals surface area contributed by atoms with Crippen LogP contribution in [0.3, 0.4) is 0 Å². The number of ether oxygens (including phenoxy) is 1. The number of amides is 1. The van der Waals surface area contributed by atoms with Gasteiger partial charge in [-0.3, -0.25) is 14.6 Å². The number of piperazine rings is 1. The molecule has 1 N–H and O–H groups in total. The van der Waals surface area contributed by atoms with Crippen molar-refractivity contribution in [2.24, 2.45) is 4.99 Å². The van der Waals surface area contributed by atoms with Gasteiger partial charge >= 0.3 is 6.18 Å². The van der Waals surface area contributed by atoms with Crippen LogP contribution in [0.4, 0.5) is 18.9 Å². The second-order valence-electron chi connectivity index (χ2n) is 7.75. The Morgan fingerprint density at radius 2 is 1.97 bits per heavy atom. The fourth-order valence-electron chi connectivity index (χ4n) is 4.37. The van der Waals surface area contributed by atoms with Crippen molar-refractivity contribution in [1.82, 2.24) is 10.2 Å². The summed E-state index contributed by atoms with van der Waals surface area (Å²) in [4.78, 5) is 20.3. The summed E-state index contributed by atoms with van der Waals surface area (Å²) >= 11 is 0. The molecular weight excluding hydrogens is 449 g/mol. The van der Waals surface area contributed by atoms with Crippen molar-refractivity contribution < 1.29 is 22.7 Å². The van der Waals surface area contributed by atoms with Gasteiger partial charge in [0.25, 0.3) is 0 Å². The third-order valence-corrected chi connectivity index (χ3v) is 5.94. The number of hydrogen-bond donors (Lipinski definition) is 1. The van der Waals surface area contributed by atoms with Crippen molar-refractivity contribution in [3.8, 4) is 18.0 Å². The highest BCUT2D eigenvalue weighted by atomic mass is 19.4. The summed E-state index contributed by atoms with van der Waals surface area (Å²) in [6.45, 7) is 0.663. The Hall–Kier alpha value is -3.93. The van der Waals surface area contributed by atoms with Gasteiger partial charge in [-0.25, -0.2) is 0 Å². The summed E-state index contributed by atoms with van der Waals surface area (Å²) in [6, 6.07) is 10.6. The van der Waals surface area contributed by atoms with E-state index < -0.39 is 29.4 Å². The van der Waals surface area contributed by atoms with Gasteiger partial charge in [-0.05, 0) is 30.3 Å². The lowest BCUT2D eigenvalue weighted by atomic mass is 9.97. The molecular formula is C23H19F3N6O2. The van der Waals surface area contributed by atoms with Gasteiger partial charge in [-0.2, -0.15) is 28.7 Å². The van der Waals surface area contributed by atoms with Crippen molar-refractivity contribution in [2.45, 2.75) is 18.3 Å². The first-order valence-corrected chi connectivity index (χ1v) is 10.3. The molecule has 2 atom stereocenters. The van der Waals surface area contributed by atoms with Crippen LogP contribution in [-0.2, 0) is 11.0 Å². The Morgan fingerprint density at radius 1 is 1.21 bits per heavy atom. The molecule has 8 nitrogen and oxygen atoms in total. The molecule has 0 radical (unpaired) electrons. The van der Waals surface area contributed by atoms with E-state index in [1.54, 1.807) is 30.3 Å². The van der Waals surface area contributed by atoms with Gasteiger partial charge < -0.3 is 10.1 Å². The lowest BCUT2D eigenvalue weighted by molar-refractivity contribution is -0.137. The predicted octanol–water partition coefficient (Wildman–Crippen LogP) is 2.50. The Kier molecular flexibility index (Phi) is 6.24. The first kappa shape index (κ1) is 23.2. The summed E-state index contributed by atoms with van der Waals surface area (Å²) in [6.07, 6.45) is -2.93. The molecule has 11 heteroatoms. The number of carbonyl (C=O) groups is 1. The molecule has 2 fully saturated rings. The number of nitrogens with one attached hydrogen (secondary N) is 1. The molecule has 4 rings (SSSR count). The normalized spacial score (nSPS) is 21.1. The van der Waals surface area contributed by atoms with Crippen LogP contribution >= 0.6 is 0 Å². The maximum atomic E-state index is 13.5. The number of aliphatic imine (C=N–C) groups is 1. The summed E-state index contributed by atoms with van der Waals surface area (Å²) < 4.78 is 45.8. The second kappa shape index (κ2) is 9.14. The summed E-state index contributed by atoms with van der Waals surface area (Å²) in [7, 11) is 1.50.